The van der Waals surface area contributed by atoms with Crippen molar-refractivity contribution in [2.45, 2.75) is 65.3 Å². The molecule has 0 unspecified atom stereocenters. The predicted molar refractivity (Wildman–Crippen MR) is 111 cm³/mol. The van der Waals surface area contributed by atoms with E-state index in [2.05, 4.69) is 5.32 Å². The lowest BCUT2D eigenvalue weighted by atomic mass is 9.96. The van der Waals surface area contributed by atoms with Crippen LogP contribution in [0.25, 0.3) is 0 Å². The summed E-state index contributed by atoms with van der Waals surface area (Å²) >= 11 is 0. The summed E-state index contributed by atoms with van der Waals surface area (Å²) in [7, 11) is 0. The number of ether oxygens (including phenoxy) is 5. The normalized spacial score (nSPS) is 24.2. The number of ketones is 1. The molecule has 1 aliphatic heterocycles. The van der Waals surface area contributed by atoms with Gasteiger partial charge in [-0.15, -0.1) is 0 Å². The number of rotatable bonds is 8. The van der Waals surface area contributed by atoms with E-state index < -0.39 is 54.5 Å². The molecule has 1 amide bonds. The highest BCUT2D eigenvalue weighted by Crippen LogP contribution is 2.30. The molecule has 1 N–H and O–H groups in total. The van der Waals surface area contributed by atoms with Gasteiger partial charge in [0.25, 0.3) is 0 Å². The zero-order valence-electron chi connectivity index (χ0n) is 19.0. The van der Waals surface area contributed by atoms with Crippen LogP contribution in [0, 0.1) is 0 Å². The van der Waals surface area contributed by atoms with Gasteiger partial charge in [-0.1, -0.05) is 12.1 Å². The monoisotopic (exact) mass is 465 g/mol. The average Bonchev–Trinajstić information content (AvgIpc) is 2.70. The Kier molecular flexibility index (Phi) is 8.92. The van der Waals surface area contributed by atoms with Crippen LogP contribution in [-0.2, 0) is 38.1 Å². The van der Waals surface area contributed by atoms with Gasteiger partial charge in [0, 0.05) is 27.7 Å². The maximum absolute atomic E-state index is 12.0. The van der Waals surface area contributed by atoms with Crippen LogP contribution < -0.4 is 10.1 Å². The number of para-hydroxylation sites is 1. The maximum atomic E-state index is 12.0. The van der Waals surface area contributed by atoms with Crippen LogP contribution in [0.5, 0.6) is 5.75 Å². The second-order valence-electron chi connectivity index (χ2n) is 7.39. The van der Waals surface area contributed by atoms with E-state index in [9.17, 15) is 24.0 Å². The number of carbonyl (C=O) groups is 5. The molecule has 0 bridgehead atoms. The molecule has 180 valence electrons. The molecular formula is C22H27NO10. The largest absolute Gasteiger partial charge is 0.463 e. The lowest BCUT2D eigenvalue weighted by Gasteiger charge is -2.44. The second kappa shape index (κ2) is 11.4. The first-order valence-corrected chi connectivity index (χ1v) is 10.2. The molecule has 1 heterocycles. The quantitative estimate of drug-likeness (QED) is 0.334. The molecule has 1 aliphatic rings. The van der Waals surface area contributed by atoms with E-state index >= 15 is 0 Å². The minimum atomic E-state index is -1.30. The third-order valence-electron chi connectivity index (χ3n) is 4.58. The molecule has 0 saturated carbocycles. The van der Waals surface area contributed by atoms with Crippen molar-refractivity contribution >= 4 is 29.6 Å². The van der Waals surface area contributed by atoms with Crippen LogP contribution in [0.4, 0.5) is 0 Å². The molecule has 2 rings (SSSR count). The highest BCUT2D eigenvalue weighted by atomic mass is 16.7. The van der Waals surface area contributed by atoms with E-state index in [1.54, 1.807) is 18.2 Å². The zero-order chi connectivity index (χ0) is 24.7. The standard InChI is InChI=1S/C22H27NO10/c1-11(24)16-8-6-7-9-17(16)32-22-19(23-12(2)25)21(31-15(5)28)20(30-14(4)27)18(33-22)10-29-13(3)26/h6-9,18-22H,10H2,1-5H3,(H,23,25)/t18-,19+,20-,21-,22-/m1/s1. The molecule has 1 fully saturated rings. The third-order valence-corrected chi connectivity index (χ3v) is 4.58. The summed E-state index contributed by atoms with van der Waals surface area (Å²) < 4.78 is 27.6. The van der Waals surface area contributed by atoms with E-state index in [1.807, 2.05) is 0 Å². The molecule has 0 radical (unpaired) electrons. The lowest BCUT2D eigenvalue weighted by Crippen LogP contribution is -2.67. The first-order valence-electron chi connectivity index (χ1n) is 10.2. The molecule has 11 heteroatoms. The number of nitrogens with one attached hydrogen (secondary N) is 1. The smallest absolute Gasteiger partial charge is 0.303 e. The Bertz CT molecular complexity index is 914. The summed E-state index contributed by atoms with van der Waals surface area (Å²) in [6.45, 7) is 5.71. The first-order chi connectivity index (χ1) is 15.5. The highest BCUT2D eigenvalue weighted by Gasteiger charge is 2.52. The van der Waals surface area contributed by atoms with Crippen molar-refractivity contribution in [2.75, 3.05) is 6.61 Å². The van der Waals surface area contributed by atoms with E-state index in [0.717, 1.165) is 13.8 Å². The number of amides is 1. The summed E-state index contributed by atoms with van der Waals surface area (Å²) in [6, 6.07) is 5.24. The van der Waals surface area contributed by atoms with E-state index in [0.29, 0.717) is 0 Å². The van der Waals surface area contributed by atoms with Gasteiger partial charge in [0.2, 0.25) is 12.2 Å². The Morgan fingerprint density at radius 3 is 2.03 bits per heavy atom. The van der Waals surface area contributed by atoms with Gasteiger partial charge in [-0.25, -0.2) is 0 Å². The fraction of sp³-hybridized carbons (Fsp3) is 0.500. The Morgan fingerprint density at radius 2 is 1.48 bits per heavy atom. The van der Waals surface area contributed by atoms with Crippen molar-refractivity contribution in [3.8, 4) is 5.75 Å². The average molecular weight is 465 g/mol. The van der Waals surface area contributed by atoms with E-state index in [-0.39, 0.29) is 23.7 Å². The number of esters is 3. The number of hydrogen-bond acceptors (Lipinski definition) is 10. The molecule has 33 heavy (non-hydrogen) atoms. The van der Waals surface area contributed by atoms with Crippen molar-refractivity contribution in [1.29, 1.82) is 0 Å². The third kappa shape index (κ3) is 7.28. The molecule has 1 aromatic rings. The van der Waals surface area contributed by atoms with Crippen LogP contribution >= 0.6 is 0 Å². The number of carbonyl (C=O) groups excluding carboxylic acids is 5. The maximum Gasteiger partial charge on any atom is 0.303 e. The summed E-state index contributed by atoms with van der Waals surface area (Å²) in [6.07, 6.45) is -4.89. The van der Waals surface area contributed by atoms with Gasteiger partial charge in [0.1, 0.15) is 24.5 Å². The SMILES string of the molecule is CC(=O)N[C@@H]1[C@H](Oc2ccccc2C(C)=O)O[C@H](COC(C)=O)[C@@H](OC(C)=O)[C@@H]1OC(C)=O. The molecule has 1 saturated heterocycles. The summed E-state index contributed by atoms with van der Waals surface area (Å²) in [4.78, 5) is 59.0. The highest BCUT2D eigenvalue weighted by molar-refractivity contribution is 5.96. The molecule has 0 aliphatic carbocycles. The summed E-state index contributed by atoms with van der Waals surface area (Å²) in [5.74, 6) is -2.67. The number of hydrogen-bond donors (Lipinski definition) is 1. The zero-order valence-corrected chi connectivity index (χ0v) is 19.0. The van der Waals surface area contributed by atoms with Gasteiger partial charge in [0.05, 0.1) is 5.56 Å². The minimum Gasteiger partial charge on any atom is -0.463 e. The molecule has 11 nitrogen and oxygen atoms in total. The Balaban J connectivity index is 2.51. The fourth-order valence-electron chi connectivity index (χ4n) is 3.38. The minimum absolute atomic E-state index is 0.157. The van der Waals surface area contributed by atoms with Crippen molar-refractivity contribution in [3.05, 3.63) is 29.8 Å². The Hall–Kier alpha value is -3.47. The van der Waals surface area contributed by atoms with Gasteiger partial charge in [-0.2, -0.15) is 0 Å². The number of Topliss-reactive ketones (excluding diaryl/α,β-unsaturated/α-hetero) is 1. The summed E-state index contributed by atoms with van der Waals surface area (Å²) in [5, 5.41) is 2.59. The van der Waals surface area contributed by atoms with Gasteiger partial charge < -0.3 is 29.0 Å². The second-order valence-corrected chi connectivity index (χ2v) is 7.39. The van der Waals surface area contributed by atoms with Crippen LogP contribution in [0.2, 0.25) is 0 Å². The fourth-order valence-corrected chi connectivity index (χ4v) is 3.38. The topological polar surface area (TPSA) is 144 Å². The first kappa shape index (κ1) is 25.8. The number of benzene rings is 1. The Labute approximate surface area is 190 Å². The molecule has 1 aromatic carbocycles. The molecular weight excluding hydrogens is 438 g/mol. The summed E-state index contributed by atoms with van der Waals surface area (Å²) in [5.41, 5.74) is 0.255. The van der Waals surface area contributed by atoms with Crippen LogP contribution in [0.1, 0.15) is 45.0 Å². The Morgan fingerprint density at radius 1 is 0.879 bits per heavy atom. The molecule has 0 aromatic heterocycles. The van der Waals surface area contributed by atoms with E-state index in [1.165, 1.54) is 26.8 Å². The van der Waals surface area contributed by atoms with Crippen molar-refractivity contribution in [1.82, 2.24) is 5.32 Å². The van der Waals surface area contributed by atoms with Crippen LogP contribution in [-0.4, -0.2) is 66.8 Å². The van der Waals surface area contributed by atoms with Gasteiger partial charge in [0.15, 0.2) is 18.0 Å². The molecule has 5 atom stereocenters. The van der Waals surface area contributed by atoms with Crippen molar-refractivity contribution in [2.24, 2.45) is 0 Å². The predicted octanol–water partition coefficient (Wildman–Crippen LogP) is 0.924. The van der Waals surface area contributed by atoms with Crippen LogP contribution in [0.3, 0.4) is 0 Å². The van der Waals surface area contributed by atoms with Gasteiger partial charge >= 0.3 is 17.9 Å². The van der Waals surface area contributed by atoms with Crippen molar-refractivity contribution < 1.29 is 47.7 Å². The lowest BCUT2D eigenvalue weighted by molar-refractivity contribution is -0.257. The van der Waals surface area contributed by atoms with E-state index in [4.69, 9.17) is 23.7 Å². The van der Waals surface area contributed by atoms with Crippen LogP contribution in [0.15, 0.2) is 24.3 Å². The van der Waals surface area contributed by atoms with Gasteiger partial charge in [-0.3, -0.25) is 24.0 Å². The van der Waals surface area contributed by atoms with Crippen molar-refractivity contribution in [3.63, 3.8) is 0 Å². The molecule has 0 spiro atoms. The van der Waals surface area contributed by atoms with Gasteiger partial charge in [-0.05, 0) is 19.1 Å².